The van der Waals surface area contributed by atoms with E-state index in [2.05, 4.69) is 0 Å². The lowest BCUT2D eigenvalue weighted by atomic mass is 10.1. The molecule has 0 fully saturated rings. The Balaban J connectivity index is 2.19. The fraction of sp³-hybridized carbons (Fsp3) is 0.294. The molecule has 0 radical (unpaired) electrons. The molecule has 2 aromatic rings. The first-order chi connectivity index (χ1) is 10.1. The highest BCUT2D eigenvalue weighted by Crippen LogP contribution is 2.33. The molecule has 0 saturated carbocycles. The second-order valence-electron chi connectivity index (χ2n) is 4.84. The van der Waals surface area contributed by atoms with Gasteiger partial charge in [0.1, 0.15) is 11.9 Å². The van der Waals surface area contributed by atoms with Crippen molar-refractivity contribution in [1.82, 2.24) is 0 Å². The summed E-state index contributed by atoms with van der Waals surface area (Å²) in [6.45, 7) is 4.34. The largest absolute Gasteiger partial charge is 0.490 e. The van der Waals surface area contributed by atoms with Crippen molar-refractivity contribution in [3.63, 3.8) is 0 Å². The fourth-order valence-corrected chi connectivity index (χ4v) is 1.96. The van der Waals surface area contributed by atoms with Gasteiger partial charge in [-0.15, -0.1) is 0 Å². The highest BCUT2D eigenvalue weighted by molar-refractivity contribution is 5.56. The number of ether oxygens (including phenoxy) is 2. The summed E-state index contributed by atoms with van der Waals surface area (Å²) in [6.07, 6.45) is 0.624. The topological polar surface area (TPSA) is 44.5 Å². The summed E-state index contributed by atoms with van der Waals surface area (Å²) >= 11 is 0. The first-order valence-electron chi connectivity index (χ1n) is 7.05. The minimum atomic E-state index is -0.472. The molecule has 0 bridgehead atoms. The van der Waals surface area contributed by atoms with Crippen LogP contribution in [-0.4, -0.2) is 6.61 Å². The average Bonchev–Trinajstić information content (AvgIpc) is 2.49. The SMILES string of the molecule is CCCOc1cc(OC(C)c2ccccc2)c(N)cc1F. The highest BCUT2D eigenvalue weighted by atomic mass is 19.1. The number of nitrogens with two attached hydrogens (primary N) is 1. The first-order valence-corrected chi connectivity index (χ1v) is 7.05. The zero-order chi connectivity index (χ0) is 15.2. The van der Waals surface area contributed by atoms with Crippen LogP contribution >= 0.6 is 0 Å². The van der Waals surface area contributed by atoms with Gasteiger partial charge in [-0.1, -0.05) is 37.3 Å². The van der Waals surface area contributed by atoms with E-state index in [0.717, 1.165) is 12.0 Å². The van der Waals surface area contributed by atoms with Crippen molar-refractivity contribution in [3.05, 3.63) is 53.8 Å². The van der Waals surface area contributed by atoms with Gasteiger partial charge in [-0.2, -0.15) is 0 Å². The van der Waals surface area contributed by atoms with Gasteiger partial charge in [-0.05, 0) is 18.9 Å². The zero-order valence-electron chi connectivity index (χ0n) is 12.3. The minimum Gasteiger partial charge on any atom is -0.490 e. The van der Waals surface area contributed by atoms with E-state index in [4.69, 9.17) is 15.2 Å². The number of nitrogen functional groups attached to an aromatic ring is 1. The quantitative estimate of drug-likeness (QED) is 0.805. The summed E-state index contributed by atoms with van der Waals surface area (Å²) < 4.78 is 24.9. The number of rotatable bonds is 6. The molecule has 2 rings (SSSR count). The normalized spacial score (nSPS) is 12.0. The molecule has 21 heavy (non-hydrogen) atoms. The average molecular weight is 289 g/mol. The third-order valence-electron chi connectivity index (χ3n) is 3.10. The van der Waals surface area contributed by atoms with E-state index in [-0.39, 0.29) is 17.5 Å². The lowest BCUT2D eigenvalue weighted by Gasteiger charge is -2.18. The van der Waals surface area contributed by atoms with Gasteiger partial charge in [-0.25, -0.2) is 4.39 Å². The van der Waals surface area contributed by atoms with Crippen LogP contribution in [0, 0.1) is 5.82 Å². The van der Waals surface area contributed by atoms with Crippen molar-refractivity contribution in [2.24, 2.45) is 0 Å². The molecule has 0 aromatic heterocycles. The summed E-state index contributed by atoms with van der Waals surface area (Å²) in [5, 5.41) is 0. The Hall–Kier alpha value is -2.23. The van der Waals surface area contributed by atoms with Gasteiger partial charge in [-0.3, -0.25) is 0 Å². The van der Waals surface area contributed by atoms with Crippen LogP contribution in [0.25, 0.3) is 0 Å². The van der Waals surface area contributed by atoms with Gasteiger partial charge >= 0.3 is 0 Å². The van der Waals surface area contributed by atoms with Crippen molar-refractivity contribution < 1.29 is 13.9 Å². The molecule has 112 valence electrons. The molecule has 0 aliphatic rings. The second kappa shape index (κ2) is 6.97. The van der Waals surface area contributed by atoms with Crippen LogP contribution in [0.5, 0.6) is 11.5 Å². The Bertz CT molecular complexity index is 587. The van der Waals surface area contributed by atoms with Crippen LogP contribution in [0.1, 0.15) is 31.9 Å². The molecule has 0 saturated heterocycles. The summed E-state index contributed by atoms with van der Waals surface area (Å²) in [5.74, 6) is 0.126. The Morgan fingerprint density at radius 3 is 2.52 bits per heavy atom. The number of hydrogen-bond donors (Lipinski definition) is 1. The minimum absolute atomic E-state index is 0.168. The molecule has 0 aliphatic heterocycles. The van der Waals surface area contributed by atoms with Gasteiger partial charge < -0.3 is 15.2 Å². The summed E-state index contributed by atoms with van der Waals surface area (Å²) in [5.41, 5.74) is 7.11. The summed E-state index contributed by atoms with van der Waals surface area (Å²) in [7, 11) is 0. The molecule has 0 heterocycles. The molecular formula is C17H20FNO2. The van der Waals surface area contributed by atoms with Gasteiger partial charge in [0, 0.05) is 12.1 Å². The Labute approximate surface area is 124 Å². The van der Waals surface area contributed by atoms with E-state index in [0.29, 0.717) is 12.4 Å². The van der Waals surface area contributed by atoms with Crippen LogP contribution in [0.4, 0.5) is 10.1 Å². The van der Waals surface area contributed by atoms with E-state index < -0.39 is 5.82 Å². The molecule has 2 N–H and O–H groups in total. The van der Waals surface area contributed by atoms with Crippen molar-refractivity contribution in [3.8, 4) is 11.5 Å². The van der Waals surface area contributed by atoms with Crippen molar-refractivity contribution in [2.45, 2.75) is 26.4 Å². The van der Waals surface area contributed by atoms with Crippen LogP contribution in [0.15, 0.2) is 42.5 Å². The fourth-order valence-electron chi connectivity index (χ4n) is 1.96. The number of hydrogen-bond acceptors (Lipinski definition) is 3. The molecule has 1 atom stereocenters. The highest BCUT2D eigenvalue weighted by Gasteiger charge is 2.13. The third kappa shape index (κ3) is 3.88. The smallest absolute Gasteiger partial charge is 0.167 e. The standard InChI is InChI=1S/C17H20FNO2/c1-3-9-20-16-11-17(15(19)10-14(16)18)21-12(2)13-7-5-4-6-8-13/h4-8,10-12H,3,9,19H2,1-2H3. The number of anilines is 1. The number of benzene rings is 2. The van der Waals surface area contributed by atoms with Gasteiger partial charge in [0.25, 0.3) is 0 Å². The van der Waals surface area contributed by atoms with E-state index in [1.54, 1.807) is 0 Å². The predicted octanol–water partition coefficient (Wildman–Crippen LogP) is 4.34. The third-order valence-corrected chi connectivity index (χ3v) is 3.10. The molecule has 0 spiro atoms. The van der Waals surface area contributed by atoms with Crippen LogP contribution in [0.3, 0.4) is 0 Å². The lowest BCUT2D eigenvalue weighted by Crippen LogP contribution is -2.06. The molecule has 4 heteroatoms. The summed E-state index contributed by atoms with van der Waals surface area (Å²) in [6, 6.07) is 12.5. The van der Waals surface area contributed by atoms with E-state index in [1.807, 2.05) is 44.2 Å². The van der Waals surface area contributed by atoms with Gasteiger partial charge in [0.2, 0.25) is 0 Å². The molecule has 3 nitrogen and oxygen atoms in total. The molecular weight excluding hydrogens is 269 g/mol. The zero-order valence-corrected chi connectivity index (χ0v) is 12.3. The van der Waals surface area contributed by atoms with E-state index in [9.17, 15) is 4.39 Å². The van der Waals surface area contributed by atoms with Crippen LogP contribution in [-0.2, 0) is 0 Å². The maximum absolute atomic E-state index is 13.8. The maximum Gasteiger partial charge on any atom is 0.167 e. The first kappa shape index (κ1) is 15.2. The van der Waals surface area contributed by atoms with Crippen LogP contribution < -0.4 is 15.2 Å². The number of halogens is 1. The molecule has 2 aromatic carbocycles. The maximum atomic E-state index is 13.8. The monoisotopic (exact) mass is 289 g/mol. The second-order valence-corrected chi connectivity index (χ2v) is 4.84. The lowest BCUT2D eigenvalue weighted by molar-refractivity contribution is 0.225. The van der Waals surface area contributed by atoms with Crippen LogP contribution in [0.2, 0.25) is 0 Å². The molecule has 1 unspecified atom stereocenters. The molecule has 0 amide bonds. The molecule has 0 aliphatic carbocycles. The Kier molecular flexibility index (Phi) is 5.04. The Morgan fingerprint density at radius 1 is 1.14 bits per heavy atom. The van der Waals surface area contributed by atoms with Gasteiger partial charge in [0.05, 0.1) is 12.3 Å². The van der Waals surface area contributed by atoms with Crippen molar-refractivity contribution in [2.75, 3.05) is 12.3 Å². The van der Waals surface area contributed by atoms with Crippen molar-refractivity contribution >= 4 is 5.69 Å². The van der Waals surface area contributed by atoms with Crippen molar-refractivity contribution in [1.29, 1.82) is 0 Å². The van der Waals surface area contributed by atoms with E-state index in [1.165, 1.54) is 12.1 Å². The predicted molar refractivity (Wildman–Crippen MR) is 82.1 cm³/mol. The summed E-state index contributed by atoms with van der Waals surface area (Å²) in [4.78, 5) is 0. The van der Waals surface area contributed by atoms with E-state index >= 15 is 0 Å². The Morgan fingerprint density at radius 2 is 1.86 bits per heavy atom. The van der Waals surface area contributed by atoms with Gasteiger partial charge in [0.15, 0.2) is 11.6 Å².